The van der Waals surface area contributed by atoms with E-state index in [9.17, 15) is 4.79 Å². The molecule has 108 valence electrons. The van der Waals surface area contributed by atoms with E-state index < -0.39 is 0 Å². The van der Waals surface area contributed by atoms with Gasteiger partial charge in [0.1, 0.15) is 0 Å². The lowest BCUT2D eigenvalue weighted by molar-refractivity contribution is -0.128. The normalized spacial score (nSPS) is 18.2. The lowest BCUT2D eigenvalue weighted by atomic mass is 10.0. The van der Waals surface area contributed by atoms with Gasteiger partial charge in [0.25, 0.3) is 0 Å². The second-order valence-corrected chi connectivity index (χ2v) is 6.34. The first-order chi connectivity index (χ1) is 10.2. The van der Waals surface area contributed by atoms with Crippen molar-refractivity contribution in [2.45, 2.75) is 24.6 Å². The molecular formula is C18H19NOS. The summed E-state index contributed by atoms with van der Waals surface area (Å²) in [6.07, 6.45) is 1.51. The van der Waals surface area contributed by atoms with Gasteiger partial charge in [-0.25, -0.2) is 0 Å². The zero-order valence-corrected chi connectivity index (χ0v) is 12.8. The van der Waals surface area contributed by atoms with Crippen LogP contribution < -0.4 is 0 Å². The number of thiol groups is 1. The molecule has 3 rings (SSSR count). The fourth-order valence-electron chi connectivity index (χ4n) is 2.72. The molecule has 2 nitrogen and oxygen atoms in total. The second kappa shape index (κ2) is 6.35. The first-order valence-corrected chi connectivity index (χ1v) is 7.80. The Balaban J connectivity index is 1.63. The summed E-state index contributed by atoms with van der Waals surface area (Å²) in [4.78, 5) is 13.7. The van der Waals surface area contributed by atoms with Gasteiger partial charge in [-0.05, 0) is 23.1 Å². The summed E-state index contributed by atoms with van der Waals surface area (Å²) < 4.78 is 0. The minimum absolute atomic E-state index is 0.190. The Kier molecular flexibility index (Phi) is 4.30. The summed E-state index contributed by atoms with van der Waals surface area (Å²) in [5.41, 5.74) is 3.80. The van der Waals surface area contributed by atoms with E-state index >= 15 is 0 Å². The highest BCUT2D eigenvalue weighted by atomic mass is 32.1. The maximum absolute atomic E-state index is 11.8. The number of hydrogen-bond donors (Lipinski definition) is 1. The van der Waals surface area contributed by atoms with Crippen molar-refractivity contribution < 1.29 is 4.79 Å². The predicted octanol–water partition coefficient (Wildman–Crippen LogP) is 3.31. The molecule has 1 unspecified atom stereocenters. The van der Waals surface area contributed by atoms with Crippen LogP contribution in [0.15, 0.2) is 54.6 Å². The number of benzene rings is 2. The predicted molar refractivity (Wildman–Crippen MR) is 88.5 cm³/mol. The highest BCUT2D eigenvalue weighted by molar-refractivity contribution is 7.81. The van der Waals surface area contributed by atoms with Gasteiger partial charge in [-0.2, -0.15) is 12.6 Å². The molecule has 1 aliphatic rings. The van der Waals surface area contributed by atoms with Crippen LogP contribution in [-0.2, 0) is 17.8 Å². The Morgan fingerprint density at radius 2 is 1.57 bits per heavy atom. The fraction of sp³-hybridized carbons (Fsp3) is 0.278. The van der Waals surface area contributed by atoms with Gasteiger partial charge in [-0.15, -0.1) is 0 Å². The Morgan fingerprint density at radius 1 is 0.952 bits per heavy atom. The third kappa shape index (κ3) is 3.67. The number of carbonyl (C=O) groups is 1. The summed E-state index contributed by atoms with van der Waals surface area (Å²) in [5, 5.41) is 0.190. The van der Waals surface area contributed by atoms with Gasteiger partial charge in [0.15, 0.2) is 0 Å². The maximum atomic E-state index is 11.8. The van der Waals surface area contributed by atoms with Crippen LogP contribution in [0.2, 0.25) is 0 Å². The topological polar surface area (TPSA) is 20.3 Å². The summed E-state index contributed by atoms with van der Waals surface area (Å²) in [7, 11) is 0. The van der Waals surface area contributed by atoms with Gasteiger partial charge >= 0.3 is 0 Å². The summed E-state index contributed by atoms with van der Waals surface area (Å²) >= 11 is 4.39. The molecule has 1 atom stereocenters. The molecule has 1 amide bonds. The molecule has 0 bridgehead atoms. The van der Waals surface area contributed by atoms with E-state index in [1.165, 1.54) is 16.7 Å². The van der Waals surface area contributed by atoms with Gasteiger partial charge in [0.05, 0.1) is 0 Å². The van der Waals surface area contributed by atoms with Crippen molar-refractivity contribution >= 4 is 18.5 Å². The molecule has 1 heterocycles. The molecular weight excluding hydrogens is 278 g/mol. The van der Waals surface area contributed by atoms with Gasteiger partial charge in [0.2, 0.25) is 5.91 Å². The first kappa shape index (κ1) is 14.2. The highest BCUT2D eigenvalue weighted by Gasteiger charge is 2.26. The van der Waals surface area contributed by atoms with Crippen LogP contribution >= 0.6 is 12.6 Å². The molecule has 1 aliphatic heterocycles. The van der Waals surface area contributed by atoms with E-state index in [-0.39, 0.29) is 11.2 Å². The molecule has 0 spiro atoms. The number of rotatable bonds is 4. The quantitative estimate of drug-likeness (QED) is 0.859. The Bertz CT molecular complexity index is 609. The van der Waals surface area contributed by atoms with E-state index in [0.717, 1.165) is 13.0 Å². The summed E-state index contributed by atoms with van der Waals surface area (Å²) in [6, 6.07) is 19.0. The molecule has 0 N–H and O–H groups in total. The maximum Gasteiger partial charge on any atom is 0.224 e. The standard InChI is InChI=1S/C18H19NOS/c20-18-11-17(21)13-19(18)12-16-8-6-15(7-9-16)10-14-4-2-1-3-5-14/h1-9,17,21H,10-13H2. The van der Waals surface area contributed by atoms with Crippen molar-refractivity contribution in [1.29, 1.82) is 0 Å². The largest absolute Gasteiger partial charge is 0.337 e. The van der Waals surface area contributed by atoms with E-state index in [2.05, 4.69) is 61.2 Å². The second-order valence-electron chi connectivity index (χ2n) is 5.61. The minimum Gasteiger partial charge on any atom is -0.337 e. The first-order valence-electron chi connectivity index (χ1n) is 7.28. The highest BCUT2D eigenvalue weighted by Crippen LogP contribution is 2.19. The van der Waals surface area contributed by atoms with Crippen molar-refractivity contribution in [2.24, 2.45) is 0 Å². The van der Waals surface area contributed by atoms with Crippen LogP contribution in [0.25, 0.3) is 0 Å². The minimum atomic E-state index is 0.190. The Labute approximate surface area is 131 Å². The van der Waals surface area contributed by atoms with Crippen molar-refractivity contribution in [3.8, 4) is 0 Å². The summed E-state index contributed by atoms with van der Waals surface area (Å²) in [5.74, 6) is 0.211. The molecule has 2 aromatic rings. The van der Waals surface area contributed by atoms with Crippen LogP contribution in [0, 0.1) is 0 Å². The lowest BCUT2D eigenvalue weighted by Crippen LogP contribution is -2.24. The van der Waals surface area contributed by atoms with Crippen molar-refractivity contribution in [1.82, 2.24) is 4.90 Å². The van der Waals surface area contributed by atoms with Gasteiger partial charge in [-0.1, -0.05) is 54.6 Å². The fourth-order valence-corrected chi connectivity index (χ4v) is 3.07. The molecule has 1 fully saturated rings. The zero-order chi connectivity index (χ0) is 14.7. The SMILES string of the molecule is O=C1CC(S)CN1Cc1ccc(Cc2ccccc2)cc1. The van der Waals surface area contributed by atoms with Crippen LogP contribution in [0.4, 0.5) is 0 Å². The van der Waals surface area contributed by atoms with E-state index in [1.807, 2.05) is 11.0 Å². The summed E-state index contributed by atoms with van der Waals surface area (Å²) in [6.45, 7) is 1.45. The molecule has 21 heavy (non-hydrogen) atoms. The number of nitrogens with zero attached hydrogens (tertiary/aromatic N) is 1. The van der Waals surface area contributed by atoms with Crippen LogP contribution in [0.3, 0.4) is 0 Å². The van der Waals surface area contributed by atoms with Gasteiger partial charge in [0, 0.05) is 24.8 Å². The number of amides is 1. The third-order valence-corrected chi connectivity index (χ3v) is 4.19. The Hall–Kier alpha value is -1.74. The molecule has 0 radical (unpaired) electrons. The Morgan fingerprint density at radius 3 is 2.19 bits per heavy atom. The molecule has 0 saturated carbocycles. The lowest BCUT2D eigenvalue weighted by Gasteiger charge is -2.16. The molecule has 1 saturated heterocycles. The monoisotopic (exact) mass is 297 g/mol. The van der Waals surface area contributed by atoms with E-state index in [0.29, 0.717) is 13.0 Å². The molecule has 0 aliphatic carbocycles. The van der Waals surface area contributed by atoms with E-state index in [1.54, 1.807) is 0 Å². The van der Waals surface area contributed by atoms with E-state index in [4.69, 9.17) is 0 Å². The average molecular weight is 297 g/mol. The zero-order valence-electron chi connectivity index (χ0n) is 11.9. The molecule has 0 aromatic heterocycles. The molecule has 3 heteroatoms. The number of likely N-dealkylation sites (tertiary alicyclic amines) is 1. The third-order valence-electron chi connectivity index (χ3n) is 3.84. The van der Waals surface area contributed by atoms with Crippen molar-refractivity contribution in [3.63, 3.8) is 0 Å². The van der Waals surface area contributed by atoms with Gasteiger partial charge in [-0.3, -0.25) is 4.79 Å². The van der Waals surface area contributed by atoms with Crippen molar-refractivity contribution in [2.75, 3.05) is 6.54 Å². The number of hydrogen-bond acceptors (Lipinski definition) is 2. The van der Waals surface area contributed by atoms with Gasteiger partial charge < -0.3 is 4.90 Å². The van der Waals surface area contributed by atoms with Crippen LogP contribution in [-0.4, -0.2) is 22.6 Å². The molecule has 2 aromatic carbocycles. The smallest absolute Gasteiger partial charge is 0.224 e. The number of carbonyl (C=O) groups excluding carboxylic acids is 1. The van der Waals surface area contributed by atoms with Crippen LogP contribution in [0.5, 0.6) is 0 Å². The van der Waals surface area contributed by atoms with Crippen LogP contribution in [0.1, 0.15) is 23.1 Å². The average Bonchev–Trinajstić information content (AvgIpc) is 2.80. The van der Waals surface area contributed by atoms with Crippen molar-refractivity contribution in [3.05, 3.63) is 71.3 Å².